The summed E-state index contributed by atoms with van der Waals surface area (Å²) in [6, 6.07) is 0. The summed E-state index contributed by atoms with van der Waals surface area (Å²) in [5.41, 5.74) is 0.612. The fourth-order valence-electron chi connectivity index (χ4n) is 1.75. The first-order valence-corrected chi connectivity index (χ1v) is 7.42. The molecule has 0 radical (unpaired) electrons. The third-order valence-corrected chi connectivity index (χ3v) is 6.07. The molecule has 2 rings (SSSR count). The number of nitrogens with zero attached hydrogens (tertiary/aromatic N) is 2. The average Bonchev–Trinajstić information content (AvgIpc) is 2.60. The fourth-order valence-corrected chi connectivity index (χ4v) is 4.81. The Bertz CT molecular complexity index is 480. The van der Waals surface area contributed by atoms with Crippen LogP contribution in [0.3, 0.4) is 0 Å². The Morgan fingerprint density at radius 1 is 1.29 bits per heavy atom. The van der Waals surface area contributed by atoms with Crippen molar-refractivity contribution in [2.24, 2.45) is 0 Å². The molecular weight excluding hydrogens is 282 g/mol. The summed E-state index contributed by atoms with van der Waals surface area (Å²) in [5, 5.41) is 3.94. The minimum atomic E-state index is -3.32. The van der Waals surface area contributed by atoms with Gasteiger partial charge < -0.3 is 5.32 Å². The molecule has 0 aromatic carbocycles. The molecule has 1 aliphatic heterocycles. The Balaban J connectivity index is 0.00000144. The van der Waals surface area contributed by atoms with Gasteiger partial charge in [-0.3, -0.25) is 0 Å². The van der Waals surface area contributed by atoms with Crippen molar-refractivity contribution in [1.82, 2.24) is 14.6 Å². The van der Waals surface area contributed by atoms with Crippen molar-refractivity contribution < 1.29 is 8.42 Å². The molecule has 1 N–H and O–H groups in total. The molecule has 1 fully saturated rings. The van der Waals surface area contributed by atoms with Crippen molar-refractivity contribution in [3.05, 3.63) is 10.7 Å². The highest BCUT2D eigenvalue weighted by molar-refractivity contribution is 7.91. The molecule has 0 aliphatic carbocycles. The number of nitrogens with one attached hydrogen (secondary N) is 1. The summed E-state index contributed by atoms with van der Waals surface area (Å²) < 4.78 is 26.5. The van der Waals surface area contributed by atoms with Gasteiger partial charge in [0.15, 0.2) is 4.21 Å². The first kappa shape index (κ1) is 14.8. The van der Waals surface area contributed by atoms with Gasteiger partial charge in [-0.1, -0.05) is 0 Å². The van der Waals surface area contributed by atoms with Crippen molar-refractivity contribution in [2.75, 3.05) is 26.2 Å². The third kappa shape index (κ3) is 2.97. The van der Waals surface area contributed by atoms with Crippen LogP contribution in [-0.4, -0.2) is 43.9 Å². The standard InChI is InChI=1S/C9H15N3O2S2.ClH/c1-7-9(15-8(2)11-7)16(13,14)12-5-3-10-4-6-12;/h10H,3-6H2,1-2H3;1H. The second-order valence-electron chi connectivity index (χ2n) is 3.76. The summed E-state index contributed by atoms with van der Waals surface area (Å²) in [4.78, 5) is 4.17. The van der Waals surface area contributed by atoms with Gasteiger partial charge in [-0.25, -0.2) is 13.4 Å². The quantitative estimate of drug-likeness (QED) is 0.876. The van der Waals surface area contributed by atoms with Crippen molar-refractivity contribution in [1.29, 1.82) is 0 Å². The van der Waals surface area contributed by atoms with Gasteiger partial charge in [0.2, 0.25) is 0 Å². The minimum absolute atomic E-state index is 0. The Morgan fingerprint density at radius 2 is 1.88 bits per heavy atom. The molecule has 5 nitrogen and oxygen atoms in total. The molecule has 0 atom stereocenters. The lowest BCUT2D eigenvalue weighted by atomic mass is 10.4. The van der Waals surface area contributed by atoms with E-state index in [1.54, 1.807) is 6.92 Å². The largest absolute Gasteiger partial charge is 0.314 e. The predicted octanol–water partition coefficient (Wildman–Crippen LogP) is 0.776. The van der Waals surface area contributed by atoms with Gasteiger partial charge >= 0.3 is 0 Å². The Hall–Kier alpha value is -0.210. The lowest BCUT2D eigenvalue weighted by molar-refractivity contribution is 0.361. The summed E-state index contributed by atoms with van der Waals surface area (Å²) in [6.07, 6.45) is 0. The highest BCUT2D eigenvalue weighted by Gasteiger charge is 2.29. The summed E-state index contributed by atoms with van der Waals surface area (Å²) >= 11 is 1.25. The number of halogens is 1. The van der Waals surface area contributed by atoms with Gasteiger partial charge in [0.1, 0.15) is 0 Å². The molecule has 0 unspecified atom stereocenters. The topological polar surface area (TPSA) is 62.3 Å². The van der Waals surface area contributed by atoms with Crippen molar-refractivity contribution in [3.63, 3.8) is 0 Å². The molecule has 0 amide bonds. The van der Waals surface area contributed by atoms with E-state index in [9.17, 15) is 8.42 Å². The second-order valence-corrected chi connectivity index (χ2v) is 7.10. The lowest BCUT2D eigenvalue weighted by Gasteiger charge is -2.26. The number of thiazole rings is 1. The zero-order valence-electron chi connectivity index (χ0n) is 9.76. The minimum Gasteiger partial charge on any atom is -0.314 e. The molecule has 0 saturated carbocycles. The first-order chi connectivity index (χ1) is 7.51. The molecular formula is C9H16ClN3O2S2. The summed E-state index contributed by atoms with van der Waals surface area (Å²) in [6.45, 7) is 6.09. The van der Waals surface area contributed by atoms with Crippen LogP contribution in [-0.2, 0) is 10.0 Å². The number of piperazine rings is 1. The first-order valence-electron chi connectivity index (χ1n) is 5.17. The van der Waals surface area contributed by atoms with Gasteiger partial charge in [0.05, 0.1) is 10.7 Å². The van der Waals surface area contributed by atoms with Crippen LogP contribution in [0.25, 0.3) is 0 Å². The van der Waals surface area contributed by atoms with Crippen molar-refractivity contribution in [2.45, 2.75) is 18.1 Å². The number of aromatic nitrogens is 1. The molecule has 0 bridgehead atoms. The maximum Gasteiger partial charge on any atom is 0.254 e. The van der Waals surface area contributed by atoms with Crippen LogP contribution in [0.15, 0.2) is 4.21 Å². The zero-order chi connectivity index (χ0) is 11.8. The average molecular weight is 298 g/mol. The van der Waals surface area contributed by atoms with E-state index < -0.39 is 10.0 Å². The SMILES string of the molecule is Cc1nc(C)c(S(=O)(=O)N2CCNCC2)s1.Cl. The number of hydrogen-bond acceptors (Lipinski definition) is 5. The Kier molecular flexibility index (Phi) is 4.91. The highest BCUT2D eigenvalue weighted by atomic mass is 35.5. The van der Waals surface area contributed by atoms with E-state index in [0.29, 0.717) is 23.0 Å². The Labute approximate surface area is 112 Å². The van der Waals surface area contributed by atoms with E-state index >= 15 is 0 Å². The van der Waals surface area contributed by atoms with Gasteiger partial charge in [-0.15, -0.1) is 23.7 Å². The van der Waals surface area contributed by atoms with Gasteiger partial charge in [-0.2, -0.15) is 4.31 Å². The van der Waals surface area contributed by atoms with Gasteiger partial charge in [0, 0.05) is 26.2 Å². The number of hydrogen-bond donors (Lipinski definition) is 1. The van der Waals surface area contributed by atoms with E-state index in [-0.39, 0.29) is 12.4 Å². The molecule has 8 heteroatoms. The monoisotopic (exact) mass is 297 g/mol. The smallest absolute Gasteiger partial charge is 0.254 e. The van der Waals surface area contributed by atoms with Crippen LogP contribution < -0.4 is 5.32 Å². The number of rotatable bonds is 2. The van der Waals surface area contributed by atoms with Crippen LogP contribution in [0.1, 0.15) is 10.7 Å². The second kappa shape index (κ2) is 5.62. The third-order valence-electron chi connectivity index (χ3n) is 2.51. The fraction of sp³-hybridized carbons (Fsp3) is 0.667. The summed E-state index contributed by atoms with van der Waals surface area (Å²) in [7, 11) is -3.32. The predicted molar refractivity (Wildman–Crippen MR) is 70.5 cm³/mol. The highest BCUT2D eigenvalue weighted by Crippen LogP contribution is 2.26. The van der Waals surface area contributed by atoms with Crippen LogP contribution in [0.4, 0.5) is 0 Å². The molecule has 1 saturated heterocycles. The van der Waals surface area contributed by atoms with Crippen molar-refractivity contribution in [3.8, 4) is 0 Å². The van der Waals surface area contributed by atoms with E-state index in [1.165, 1.54) is 15.6 Å². The van der Waals surface area contributed by atoms with Crippen LogP contribution in [0, 0.1) is 13.8 Å². The van der Waals surface area contributed by atoms with Crippen LogP contribution in [0.5, 0.6) is 0 Å². The maximum absolute atomic E-state index is 12.3. The van der Waals surface area contributed by atoms with Crippen molar-refractivity contribution >= 4 is 33.8 Å². The van der Waals surface area contributed by atoms with E-state index in [2.05, 4.69) is 10.3 Å². The number of aryl methyl sites for hydroxylation is 2. The Morgan fingerprint density at radius 3 is 2.35 bits per heavy atom. The van der Waals surface area contributed by atoms with Gasteiger partial charge in [0.25, 0.3) is 10.0 Å². The van der Waals surface area contributed by atoms with Crippen LogP contribution >= 0.6 is 23.7 Å². The van der Waals surface area contributed by atoms with E-state index in [0.717, 1.165) is 18.1 Å². The van der Waals surface area contributed by atoms with E-state index in [4.69, 9.17) is 0 Å². The maximum atomic E-state index is 12.3. The molecule has 1 aliphatic rings. The molecule has 98 valence electrons. The van der Waals surface area contributed by atoms with E-state index in [1.807, 2.05) is 6.92 Å². The normalized spacial score (nSPS) is 17.8. The molecule has 1 aromatic rings. The molecule has 17 heavy (non-hydrogen) atoms. The molecule has 0 spiro atoms. The number of sulfonamides is 1. The molecule has 1 aromatic heterocycles. The zero-order valence-corrected chi connectivity index (χ0v) is 12.2. The summed E-state index contributed by atoms with van der Waals surface area (Å²) in [5.74, 6) is 0. The van der Waals surface area contributed by atoms with Crippen LogP contribution in [0.2, 0.25) is 0 Å². The molecule has 2 heterocycles. The van der Waals surface area contributed by atoms with Gasteiger partial charge in [-0.05, 0) is 13.8 Å². The lowest BCUT2D eigenvalue weighted by Crippen LogP contribution is -2.46.